The van der Waals surface area contributed by atoms with E-state index in [2.05, 4.69) is 16.5 Å². The molecule has 72 valence electrons. The first kappa shape index (κ1) is 8.60. The summed E-state index contributed by atoms with van der Waals surface area (Å²) in [5, 5.41) is 0. The third-order valence-corrected chi connectivity index (χ3v) is 3.15. The van der Waals surface area contributed by atoms with Crippen LogP contribution < -0.4 is 5.73 Å². The van der Waals surface area contributed by atoms with Crippen LogP contribution in [0.4, 0.5) is 0 Å². The predicted octanol–water partition coefficient (Wildman–Crippen LogP) is 0.971. The van der Waals surface area contributed by atoms with Crippen LogP contribution in [0.5, 0.6) is 0 Å². The fourth-order valence-electron chi connectivity index (χ4n) is 2.14. The zero-order chi connectivity index (χ0) is 9.26. The van der Waals surface area contributed by atoms with Crippen molar-refractivity contribution in [1.82, 2.24) is 4.90 Å². The fourth-order valence-corrected chi connectivity index (χ4v) is 2.14. The molecule has 0 spiro atoms. The van der Waals surface area contributed by atoms with Gasteiger partial charge in [-0.15, -0.1) is 6.58 Å². The Morgan fingerprint density at radius 1 is 1.62 bits per heavy atom. The zero-order valence-corrected chi connectivity index (χ0v) is 7.95. The van der Waals surface area contributed by atoms with E-state index in [1.165, 1.54) is 19.3 Å². The number of nitrogens with two attached hydrogens (primary N) is 1. The molecule has 0 aromatic rings. The molecule has 1 unspecified atom stereocenters. The number of hydrogen-bond acceptors (Lipinski definition) is 3. The lowest BCUT2D eigenvalue weighted by atomic mass is 9.79. The van der Waals surface area contributed by atoms with Gasteiger partial charge in [0.15, 0.2) is 5.96 Å². The Bertz CT molecular complexity index is 230. The summed E-state index contributed by atoms with van der Waals surface area (Å²) in [7, 11) is 0. The lowest BCUT2D eigenvalue weighted by molar-refractivity contribution is 0.179. The second kappa shape index (κ2) is 3.40. The van der Waals surface area contributed by atoms with Crippen molar-refractivity contribution in [2.24, 2.45) is 16.6 Å². The van der Waals surface area contributed by atoms with Gasteiger partial charge >= 0.3 is 0 Å². The predicted molar refractivity (Wildman–Crippen MR) is 54.5 cm³/mol. The molecule has 1 aliphatic carbocycles. The van der Waals surface area contributed by atoms with Gasteiger partial charge in [-0.2, -0.15) is 0 Å². The van der Waals surface area contributed by atoms with Crippen LogP contribution in [0, 0.1) is 5.92 Å². The van der Waals surface area contributed by atoms with Gasteiger partial charge in [0.25, 0.3) is 0 Å². The quantitative estimate of drug-likeness (QED) is 0.656. The lowest BCUT2D eigenvalue weighted by Crippen LogP contribution is -2.46. The van der Waals surface area contributed by atoms with E-state index in [9.17, 15) is 0 Å². The maximum atomic E-state index is 5.80. The standard InChI is InChI=1S/C10H17N3/c1-2-6-13-9(7-12-10(13)11)8-4-3-5-8/h2,8-9H,1,3-7H2,(H2,11,12). The van der Waals surface area contributed by atoms with Gasteiger partial charge in [-0.1, -0.05) is 12.5 Å². The minimum atomic E-state index is 0.562. The Morgan fingerprint density at radius 2 is 2.38 bits per heavy atom. The van der Waals surface area contributed by atoms with Crippen LogP contribution in [0.3, 0.4) is 0 Å². The molecule has 3 nitrogen and oxygen atoms in total. The number of nitrogens with zero attached hydrogens (tertiary/aromatic N) is 2. The van der Waals surface area contributed by atoms with E-state index in [0.29, 0.717) is 12.0 Å². The molecule has 13 heavy (non-hydrogen) atoms. The van der Waals surface area contributed by atoms with Gasteiger partial charge in [-0.25, -0.2) is 0 Å². The summed E-state index contributed by atoms with van der Waals surface area (Å²) in [5.74, 6) is 1.53. The van der Waals surface area contributed by atoms with Crippen molar-refractivity contribution < 1.29 is 0 Å². The fraction of sp³-hybridized carbons (Fsp3) is 0.700. The first-order chi connectivity index (χ1) is 6.33. The van der Waals surface area contributed by atoms with Crippen LogP contribution in [0.1, 0.15) is 19.3 Å². The molecular weight excluding hydrogens is 162 g/mol. The Balaban J connectivity index is 1.99. The van der Waals surface area contributed by atoms with E-state index in [1.807, 2.05) is 6.08 Å². The van der Waals surface area contributed by atoms with Gasteiger partial charge in [0.1, 0.15) is 0 Å². The molecule has 0 bridgehead atoms. The van der Waals surface area contributed by atoms with E-state index in [0.717, 1.165) is 19.0 Å². The molecule has 0 radical (unpaired) electrons. The van der Waals surface area contributed by atoms with Gasteiger partial charge in [0.05, 0.1) is 12.6 Å². The summed E-state index contributed by atoms with van der Waals surface area (Å²) in [6.45, 7) is 5.48. The molecule has 3 heteroatoms. The van der Waals surface area contributed by atoms with E-state index >= 15 is 0 Å². The Hall–Kier alpha value is -0.990. The molecule has 2 N–H and O–H groups in total. The van der Waals surface area contributed by atoms with Crippen molar-refractivity contribution >= 4 is 5.96 Å². The molecule has 0 saturated heterocycles. The van der Waals surface area contributed by atoms with Crippen LogP contribution in [0.15, 0.2) is 17.6 Å². The molecule has 0 aromatic heterocycles. The Labute approximate surface area is 79.3 Å². The van der Waals surface area contributed by atoms with Gasteiger partial charge in [0.2, 0.25) is 0 Å². The number of guanidine groups is 1. The maximum Gasteiger partial charge on any atom is 0.191 e. The molecule has 0 amide bonds. The van der Waals surface area contributed by atoms with Crippen molar-refractivity contribution in [3.8, 4) is 0 Å². The van der Waals surface area contributed by atoms with Crippen LogP contribution >= 0.6 is 0 Å². The smallest absolute Gasteiger partial charge is 0.191 e. The second-order valence-electron chi connectivity index (χ2n) is 3.90. The Morgan fingerprint density at radius 3 is 2.92 bits per heavy atom. The van der Waals surface area contributed by atoms with Crippen molar-refractivity contribution in [2.45, 2.75) is 25.3 Å². The van der Waals surface area contributed by atoms with E-state index < -0.39 is 0 Å². The summed E-state index contributed by atoms with van der Waals surface area (Å²) in [5.41, 5.74) is 5.80. The summed E-state index contributed by atoms with van der Waals surface area (Å²) in [6, 6.07) is 0.562. The molecular formula is C10H17N3. The highest BCUT2D eigenvalue weighted by molar-refractivity contribution is 5.80. The SMILES string of the molecule is C=CCN1C(N)=NCC1C1CCC1. The van der Waals surface area contributed by atoms with E-state index in [4.69, 9.17) is 5.73 Å². The molecule has 1 aliphatic heterocycles. The highest BCUT2D eigenvalue weighted by Gasteiger charge is 2.35. The molecule has 2 rings (SSSR count). The second-order valence-corrected chi connectivity index (χ2v) is 3.90. The van der Waals surface area contributed by atoms with Crippen LogP contribution in [0.2, 0.25) is 0 Å². The minimum Gasteiger partial charge on any atom is -0.370 e. The molecule has 0 aromatic carbocycles. The van der Waals surface area contributed by atoms with Gasteiger partial charge in [-0.3, -0.25) is 4.99 Å². The van der Waals surface area contributed by atoms with Crippen molar-refractivity contribution in [3.05, 3.63) is 12.7 Å². The Kier molecular flexibility index (Phi) is 2.25. The first-order valence-corrected chi connectivity index (χ1v) is 5.00. The number of aliphatic imine (C=N–C) groups is 1. The van der Waals surface area contributed by atoms with Crippen LogP contribution in [-0.2, 0) is 0 Å². The molecule has 1 atom stereocenters. The van der Waals surface area contributed by atoms with E-state index in [1.54, 1.807) is 0 Å². The zero-order valence-electron chi connectivity index (χ0n) is 7.95. The molecule has 1 fully saturated rings. The third kappa shape index (κ3) is 1.43. The number of rotatable bonds is 3. The van der Waals surface area contributed by atoms with Gasteiger partial charge in [-0.05, 0) is 18.8 Å². The molecule has 1 heterocycles. The van der Waals surface area contributed by atoms with Crippen molar-refractivity contribution in [1.29, 1.82) is 0 Å². The first-order valence-electron chi connectivity index (χ1n) is 5.00. The lowest BCUT2D eigenvalue weighted by Gasteiger charge is -2.36. The average Bonchev–Trinajstić information content (AvgIpc) is 2.33. The monoisotopic (exact) mass is 179 g/mol. The van der Waals surface area contributed by atoms with Crippen molar-refractivity contribution in [3.63, 3.8) is 0 Å². The van der Waals surface area contributed by atoms with Crippen LogP contribution in [-0.4, -0.2) is 30.0 Å². The summed E-state index contributed by atoms with van der Waals surface area (Å²) in [6.07, 6.45) is 5.98. The molecule has 1 saturated carbocycles. The third-order valence-electron chi connectivity index (χ3n) is 3.15. The maximum absolute atomic E-state index is 5.80. The summed E-state index contributed by atoms with van der Waals surface area (Å²) in [4.78, 5) is 6.48. The average molecular weight is 179 g/mol. The highest BCUT2D eigenvalue weighted by Crippen LogP contribution is 2.33. The largest absolute Gasteiger partial charge is 0.370 e. The van der Waals surface area contributed by atoms with Crippen LogP contribution in [0.25, 0.3) is 0 Å². The van der Waals surface area contributed by atoms with Crippen molar-refractivity contribution in [2.75, 3.05) is 13.1 Å². The normalized spacial score (nSPS) is 28.5. The summed E-state index contributed by atoms with van der Waals surface area (Å²) < 4.78 is 0. The van der Waals surface area contributed by atoms with Gasteiger partial charge < -0.3 is 10.6 Å². The number of hydrogen-bond donors (Lipinski definition) is 1. The summed E-state index contributed by atoms with van der Waals surface area (Å²) >= 11 is 0. The highest BCUT2D eigenvalue weighted by atomic mass is 15.3. The topological polar surface area (TPSA) is 41.6 Å². The van der Waals surface area contributed by atoms with E-state index in [-0.39, 0.29) is 0 Å². The van der Waals surface area contributed by atoms with Gasteiger partial charge in [0, 0.05) is 6.54 Å². The minimum absolute atomic E-state index is 0.562. The molecule has 2 aliphatic rings.